The Morgan fingerprint density at radius 2 is 1.59 bits per heavy atom. The summed E-state index contributed by atoms with van der Waals surface area (Å²) in [6, 6.07) is 27.2. The molecule has 0 fully saturated rings. The molecule has 1 atom stereocenters. The molecule has 37 heavy (non-hydrogen) atoms. The van der Waals surface area contributed by atoms with Crippen LogP contribution in [-0.4, -0.2) is 25.5 Å². The zero-order valence-electron chi connectivity index (χ0n) is 21.0. The molecule has 0 spiro atoms. The standard InChI is InChI=1S/C31H30BrNO4/c1-3-37-31(35)23-9-14-27(15-10-23)33-30(22-7-12-26(32)13-8-22)20-28(34)16-5-21-4-6-25-19-29(36-2)17-11-24(25)18-21/h4,6-15,17-19,30,33H,3,5,16,20H2,1-2H3. The van der Waals surface area contributed by atoms with Crippen molar-refractivity contribution in [2.24, 2.45) is 0 Å². The van der Waals surface area contributed by atoms with Gasteiger partial charge in [0.25, 0.3) is 0 Å². The number of carbonyl (C=O) groups excluding carboxylic acids is 2. The monoisotopic (exact) mass is 559 g/mol. The highest BCUT2D eigenvalue weighted by atomic mass is 79.9. The average molecular weight is 560 g/mol. The van der Waals surface area contributed by atoms with E-state index >= 15 is 0 Å². The van der Waals surface area contributed by atoms with Gasteiger partial charge in [0, 0.05) is 23.0 Å². The second-order valence-corrected chi connectivity index (χ2v) is 9.75. The van der Waals surface area contributed by atoms with Gasteiger partial charge in [0.1, 0.15) is 11.5 Å². The highest BCUT2D eigenvalue weighted by molar-refractivity contribution is 9.10. The number of hydrogen-bond acceptors (Lipinski definition) is 5. The lowest BCUT2D eigenvalue weighted by molar-refractivity contribution is -0.119. The second-order valence-electron chi connectivity index (χ2n) is 8.84. The number of nitrogens with one attached hydrogen (secondary N) is 1. The van der Waals surface area contributed by atoms with Crippen molar-refractivity contribution in [3.05, 3.63) is 106 Å². The molecule has 4 aromatic rings. The number of benzene rings is 4. The minimum absolute atomic E-state index is 0.179. The van der Waals surface area contributed by atoms with Crippen LogP contribution in [0.4, 0.5) is 5.69 Å². The van der Waals surface area contributed by atoms with E-state index in [9.17, 15) is 9.59 Å². The molecule has 0 heterocycles. The Morgan fingerprint density at radius 1 is 0.892 bits per heavy atom. The van der Waals surface area contributed by atoms with E-state index in [0.717, 1.165) is 37.8 Å². The van der Waals surface area contributed by atoms with E-state index in [1.165, 1.54) is 0 Å². The van der Waals surface area contributed by atoms with E-state index in [0.29, 0.717) is 31.4 Å². The number of rotatable bonds is 11. The van der Waals surface area contributed by atoms with Gasteiger partial charge in [-0.2, -0.15) is 0 Å². The minimum atomic E-state index is -0.346. The SMILES string of the molecule is CCOC(=O)c1ccc(NC(CC(=O)CCc2ccc3cc(OC)ccc3c2)c2ccc(Br)cc2)cc1. The highest BCUT2D eigenvalue weighted by Crippen LogP contribution is 2.27. The molecule has 1 unspecified atom stereocenters. The Bertz CT molecular complexity index is 1370. The van der Waals surface area contributed by atoms with Crippen LogP contribution in [0.3, 0.4) is 0 Å². The molecule has 0 aromatic heterocycles. The summed E-state index contributed by atoms with van der Waals surface area (Å²) in [5.74, 6) is 0.664. The third kappa shape index (κ3) is 7.20. The number of Topliss-reactive ketones (excluding diaryl/α,β-unsaturated/α-hetero) is 1. The van der Waals surface area contributed by atoms with Crippen molar-refractivity contribution in [1.82, 2.24) is 0 Å². The zero-order chi connectivity index (χ0) is 26.2. The molecule has 1 N–H and O–H groups in total. The van der Waals surface area contributed by atoms with Crippen LogP contribution in [0.1, 0.15) is 47.3 Å². The summed E-state index contributed by atoms with van der Waals surface area (Å²) >= 11 is 3.48. The molecule has 0 aliphatic carbocycles. The Hall–Kier alpha value is -3.64. The molecular weight excluding hydrogens is 530 g/mol. The Kier molecular flexibility index (Phi) is 8.96. The zero-order valence-corrected chi connectivity index (χ0v) is 22.6. The number of ketones is 1. The van der Waals surface area contributed by atoms with Crippen LogP contribution in [0.5, 0.6) is 5.75 Å². The first-order chi connectivity index (χ1) is 17.9. The number of ether oxygens (including phenoxy) is 2. The lowest BCUT2D eigenvalue weighted by Gasteiger charge is -2.20. The molecule has 5 nitrogen and oxygen atoms in total. The minimum Gasteiger partial charge on any atom is -0.497 e. The fraction of sp³-hybridized carbons (Fsp3) is 0.226. The largest absolute Gasteiger partial charge is 0.497 e. The van der Waals surface area contributed by atoms with Gasteiger partial charge in [-0.25, -0.2) is 4.79 Å². The van der Waals surface area contributed by atoms with Gasteiger partial charge in [-0.3, -0.25) is 4.79 Å². The predicted molar refractivity (Wildman–Crippen MR) is 151 cm³/mol. The van der Waals surface area contributed by atoms with Crippen LogP contribution in [0.25, 0.3) is 10.8 Å². The molecule has 6 heteroatoms. The van der Waals surface area contributed by atoms with Gasteiger partial charge in [0.2, 0.25) is 0 Å². The number of anilines is 1. The normalized spacial score (nSPS) is 11.6. The van der Waals surface area contributed by atoms with E-state index in [4.69, 9.17) is 9.47 Å². The van der Waals surface area contributed by atoms with Crippen molar-refractivity contribution >= 4 is 44.1 Å². The second kappa shape index (κ2) is 12.5. The van der Waals surface area contributed by atoms with E-state index in [1.54, 1.807) is 26.2 Å². The summed E-state index contributed by atoms with van der Waals surface area (Å²) in [5, 5.41) is 5.72. The van der Waals surface area contributed by atoms with Gasteiger partial charge in [-0.15, -0.1) is 0 Å². The molecule has 0 aliphatic rings. The predicted octanol–water partition coefficient (Wildman–Crippen LogP) is 7.53. The summed E-state index contributed by atoms with van der Waals surface area (Å²) in [6.07, 6.45) is 1.49. The van der Waals surface area contributed by atoms with Crippen molar-refractivity contribution in [2.45, 2.75) is 32.2 Å². The van der Waals surface area contributed by atoms with Crippen molar-refractivity contribution in [1.29, 1.82) is 0 Å². The highest BCUT2D eigenvalue weighted by Gasteiger charge is 2.17. The summed E-state index contributed by atoms with van der Waals surface area (Å²) in [4.78, 5) is 25.1. The average Bonchev–Trinajstić information content (AvgIpc) is 2.92. The molecule has 0 saturated heterocycles. The molecule has 4 aromatic carbocycles. The summed E-state index contributed by atoms with van der Waals surface area (Å²) in [6.45, 7) is 2.12. The quantitative estimate of drug-likeness (QED) is 0.192. The van der Waals surface area contributed by atoms with Crippen LogP contribution in [0.15, 0.2) is 89.4 Å². The first kappa shape index (κ1) is 26.4. The van der Waals surface area contributed by atoms with E-state index < -0.39 is 0 Å². The van der Waals surface area contributed by atoms with Gasteiger partial charge >= 0.3 is 5.97 Å². The van der Waals surface area contributed by atoms with Crippen molar-refractivity contribution < 1.29 is 19.1 Å². The van der Waals surface area contributed by atoms with Gasteiger partial charge in [0.15, 0.2) is 0 Å². The maximum atomic E-state index is 13.1. The van der Waals surface area contributed by atoms with Crippen molar-refractivity contribution in [3.8, 4) is 5.75 Å². The third-order valence-corrected chi connectivity index (χ3v) is 6.77. The van der Waals surface area contributed by atoms with Crippen LogP contribution in [-0.2, 0) is 16.0 Å². The maximum Gasteiger partial charge on any atom is 0.338 e. The number of esters is 1. The number of aryl methyl sites for hydroxylation is 1. The molecule has 0 saturated carbocycles. The van der Waals surface area contributed by atoms with Crippen molar-refractivity contribution in [3.63, 3.8) is 0 Å². The molecule has 190 valence electrons. The first-order valence-electron chi connectivity index (χ1n) is 12.3. The van der Waals surface area contributed by atoms with Gasteiger partial charge in [-0.1, -0.05) is 52.3 Å². The molecule has 4 rings (SSSR count). The van der Waals surface area contributed by atoms with Crippen LogP contribution < -0.4 is 10.1 Å². The van der Waals surface area contributed by atoms with Gasteiger partial charge < -0.3 is 14.8 Å². The molecular formula is C31H30BrNO4. The lowest BCUT2D eigenvalue weighted by atomic mass is 9.97. The van der Waals surface area contributed by atoms with E-state index in [2.05, 4.69) is 39.4 Å². The Labute approximate surface area is 225 Å². The van der Waals surface area contributed by atoms with E-state index in [1.807, 2.05) is 54.6 Å². The maximum absolute atomic E-state index is 13.1. The third-order valence-electron chi connectivity index (χ3n) is 6.25. The Balaban J connectivity index is 1.44. The number of hydrogen-bond donors (Lipinski definition) is 1. The van der Waals surface area contributed by atoms with Crippen LogP contribution in [0.2, 0.25) is 0 Å². The van der Waals surface area contributed by atoms with Gasteiger partial charge in [-0.05, 0) is 83.8 Å². The van der Waals surface area contributed by atoms with Crippen LogP contribution >= 0.6 is 15.9 Å². The first-order valence-corrected chi connectivity index (χ1v) is 13.1. The topological polar surface area (TPSA) is 64.6 Å². The molecule has 0 aliphatic heterocycles. The number of halogens is 1. The smallest absolute Gasteiger partial charge is 0.338 e. The molecule has 0 bridgehead atoms. The number of carbonyl (C=O) groups is 2. The molecule has 0 radical (unpaired) electrons. The lowest BCUT2D eigenvalue weighted by Crippen LogP contribution is -2.16. The summed E-state index contributed by atoms with van der Waals surface area (Å²) < 4.78 is 11.4. The molecule has 0 amide bonds. The Morgan fingerprint density at radius 3 is 2.30 bits per heavy atom. The fourth-order valence-electron chi connectivity index (χ4n) is 4.23. The fourth-order valence-corrected chi connectivity index (χ4v) is 4.50. The summed E-state index contributed by atoms with van der Waals surface area (Å²) in [5.41, 5.74) is 3.48. The number of fused-ring (bicyclic) bond motifs is 1. The number of methoxy groups -OCH3 is 1. The summed E-state index contributed by atoms with van der Waals surface area (Å²) in [7, 11) is 1.66. The van der Waals surface area contributed by atoms with Crippen LogP contribution in [0, 0.1) is 0 Å². The van der Waals surface area contributed by atoms with Crippen molar-refractivity contribution in [2.75, 3.05) is 19.0 Å². The van der Waals surface area contributed by atoms with E-state index in [-0.39, 0.29) is 17.8 Å². The van der Waals surface area contributed by atoms with Gasteiger partial charge in [0.05, 0.1) is 25.3 Å².